The molecule has 3 N–H and O–H groups in total. The molecule has 1 atom stereocenters. The van der Waals surface area contributed by atoms with Crippen LogP contribution in [-0.2, 0) is 6.42 Å². The Morgan fingerprint density at radius 2 is 2.08 bits per heavy atom. The smallest absolute Gasteiger partial charge is 0.187 e. The van der Waals surface area contributed by atoms with Gasteiger partial charge < -0.3 is 10.4 Å². The molecule has 0 amide bonds. The van der Waals surface area contributed by atoms with Gasteiger partial charge in [-0.15, -0.1) is 0 Å². The Kier molecular flexibility index (Phi) is 5.23. The average molecular weight is 380 g/mol. The third-order valence-corrected chi connectivity index (χ3v) is 4.58. The number of nitrogens with one attached hydrogen (secondary N) is 2. The molecule has 2 aromatic carbocycles. The maximum atomic E-state index is 9.87. The van der Waals surface area contributed by atoms with Crippen molar-refractivity contribution in [2.45, 2.75) is 18.9 Å². The van der Waals surface area contributed by atoms with Crippen LogP contribution in [0.3, 0.4) is 0 Å². The van der Waals surface area contributed by atoms with Crippen molar-refractivity contribution >= 4 is 46.7 Å². The van der Waals surface area contributed by atoms with Crippen molar-refractivity contribution in [1.82, 2.24) is 10.7 Å². The summed E-state index contributed by atoms with van der Waals surface area (Å²) >= 11 is 17.0. The summed E-state index contributed by atoms with van der Waals surface area (Å²) in [6.45, 7) is 0. The van der Waals surface area contributed by atoms with Crippen LogP contribution in [0.4, 0.5) is 0 Å². The molecule has 0 unspecified atom stereocenters. The Balaban J connectivity index is 1.61. The van der Waals surface area contributed by atoms with E-state index < -0.39 is 0 Å². The van der Waals surface area contributed by atoms with Crippen molar-refractivity contribution < 1.29 is 5.11 Å². The van der Waals surface area contributed by atoms with Crippen LogP contribution in [0.1, 0.15) is 29.2 Å². The highest BCUT2D eigenvalue weighted by atomic mass is 35.5. The monoisotopic (exact) mass is 379 g/mol. The minimum absolute atomic E-state index is 0.0739. The lowest BCUT2D eigenvalue weighted by atomic mass is 10.1. The summed E-state index contributed by atoms with van der Waals surface area (Å²) in [4.78, 5) is 0. The average Bonchev–Trinajstić information content (AvgIpc) is 2.95. The van der Waals surface area contributed by atoms with Gasteiger partial charge in [0, 0.05) is 10.6 Å². The summed E-state index contributed by atoms with van der Waals surface area (Å²) < 4.78 is 0. The minimum atomic E-state index is -0.0739. The van der Waals surface area contributed by atoms with Crippen molar-refractivity contribution in [1.29, 1.82) is 0 Å². The number of halogens is 2. The molecule has 4 nitrogen and oxygen atoms in total. The number of benzene rings is 2. The molecule has 1 aliphatic rings. The quantitative estimate of drug-likeness (QED) is 0.425. The van der Waals surface area contributed by atoms with Gasteiger partial charge in [0.15, 0.2) is 5.11 Å². The van der Waals surface area contributed by atoms with Gasteiger partial charge in [-0.2, -0.15) is 5.10 Å². The number of fused-ring (bicyclic) bond motifs is 1. The lowest BCUT2D eigenvalue weighted by Gasteiger charge is -2.15. The number of thiocarbonyl (C=S) groups is 1. The Hall–Kier alpha value is -1.82. The van der Waals surface area contributed by atoms with E-state index in [0.717, 1.165) is 12.8 Å². The number of aryl methyl sites for hydroxylation is 1. The summed E-state index contributed by atoms with van der Waals surface area (Å²) in [5, 5.41) is 18.2. The molecular formula is C17H15Cl2N3OS. The van der Waals surface area contributed by atoms with Gasteiger partial charge >= 0.3 is 0 Å². The first-order valence-corrected chi connectivity index (χ1v) is 8.56. The summed E-state index contributed by atoms with van der Waals surface area (Å²) in [7, 11) is 0. The van der Waals surface area contributed by atoms with Crippen LogP contribution in [-0.4, -0.2) is 16.4 Å². The van der Waals surface area contributed by atoms with Crippen LogP contribution < -0.4 is 10.7 Å². The number of hydrazone groups is 1. The molecule has 124 valence electrons. The molecule has 0 aromatic heterocycles. The molecule has 0 saturated carbocycles. The second-order valence-electron chi connectivity index (χ2n) is 5.46. The van der Waals surface area contributed by atoms with E-state index in [1.165, 1.54) is 23.4 Å². The van der Waals surface area contributed by atoms with E-state index in [1.54, 1.807) is 6.07 Å². The topological polar surface area (TPSA) is 56.7 Å². The third-order valence-electron chi connectivity index (χ3n) is 3.87. The Morgan fingerprint density at radius 3 is 2.92 bits per heavy atom. The van der Waals surface area contributed by atoms with Gasteiger partial charge in [-0.1, -0.05) is 47.5 Å². The van der Waals surface area contributed by atoms with Crippen molar-refractivity contribution in [3.8, 4) is 5.75 Å². The van der Waals surface area contributed by atoms with E-state index in [0.29, 0.717) is 15.7 Å². The highest BCUT2D eigenvalue weighted by Crippen LogP contribution is 2.31. The van der Waals surface area contributed by atoms with Crippen LogP contribution >= 0.6 is 35.4 Å². The number of nitrogens with zero attached hydrogens (tertiary/aromatic N) is 1. The summed E-state index contributed by atoms with van der Waals surface area (Å²) in [5.74, 6) is -0.0739. The molecule has 0 aliphatic heterocycles. The lowest BCUT2D eigenvalue weighted by molar-refractivity contribution is 0.474. The Morgan fingerprint density at radius 1 is 1.29 bits per heavy atom. The van der Waals surface area contributed by atoms with Gasteiger partial charge in [0.2, 0.25) is 0 Å². The Labute approximate surface area is 155 Å². The number of phenols is 1. The van der Waals surface area contributed by atoms with Gasteiger partial charge in [-0.25, -0.2) is 0 Å². The molecule has 7 heteroatoms. The SMILES string of the molecule is Oc1c(Cl)cc(Cl)cc1/C=N/NC(=S)N[C@H]1CCc2ccccc21. The number of rotatable bonds is 3. The number of phenolic OH excluding ortho intramolecular Hbond substituents is 1. The van der Waals surface area contributed by atoms with Gasteiger partial charge in [-0.3, -0.25) is 5.43 Å². The van der Waals surface area contributed by atoms with E-state index in [2.05, 4.69) is 28.0 Å². The highest BCUT2D eigenvalue weighted by Gasteiger charge is 2.22. The summed E-state index contributed by atoms with van der Waals surface area (Å²) in [6, 6.07) is 11.5. The van der Waals surface area contributed by atoms with E-state index in [9.17, 15) is 5.11 Å². The van der Waals surface area contributed by atoms with Crippen LogP contribution in [0.15, 0.2) is 41.5 Å². The molecule has 0 heterocycles. The molecule has 0 radical (unpaired) electrons. The summed E-state index contributed by atoms with van der Waals surface area (Å²) in [6.07, 6.45) is 3.45. The third kappa shape index (κ3) is 3.80. The second kappa shape index (κ2) is 7.38. The van der Waals surface area contributed by atoms with E-state index in [1.807, 2.05) is 12.1 Å². The van der Waals surface area contributed by atoms with Gasteiger partial charge in [0.25, 0.3) is 0 Å². The standard InChI is InChI=1S/C17H15Cl2N3OS/c18-12-7-11(16(23)14(19)8-12)9-20-22-17(24)21-15-6-5-10-3-1-2-4-13(10)15/h1-4,7-9,15,23H,5-6H2,(H2,21,22,24)/b20-9+/t15-/m0/s1. The molecule has 3 rings (SSSR count). The Bertz CT molecular complexity index is 810. The van der Waals surface area contributed by atoms with E-state index in [-0.39, 0.29) is 16.8 Å². The molecule has 24 heavy (non-hydrogen) atoms. The zero-order valence-corrected chi connectivity index (χ0v) is 14.9. The lowest BCUT2D eigenvalue weighted by Crippen LogP contribution is -2.34. The van der Waals surface area contributed by atoms with E-state index in [4.69, 9.17) is 35.4 Å². The van der Waals surface area contributed by atoms with Crippen LogP contribution in [0.5, 0.6) is 5.75 Å². The molecule has 2 aromatic rings. The highest BCUT2D eigenvalue weighted by molar-refractivity contribution is 7.80. The van der Waals surface area contributed by atoms with Crippen molar-refractivity contribution in [3.63, 3.8) is 0 Å². The molecule has 0 saturated heterocycles. The maximum Gasteiger partial charge on any atom is 0.187 e. The second-order valence-corrected chi connectivity index (χ2v) is 6.71. The largest absolute Gasteiger partial charge is 0.506 e. The normalized spacial score (nSPS) is 16.2. The van der Waals surface area contributed by atoms with E-state index >= 15 is 0 Å². The molecule has 0 fully saturated rings. The van der Waals surface area contributed by atoms with Crippen molar-refractivity contribution in [2.75, 3.05) is 0 Å². The number of hydrogen-bond acceptors (Lipinski definition) is 3. The first-order valence-electron chi connectivity index (χ1n) is 7.40. The van der Waals surface area contributed by atoms with Crippen LogP contribution in [0.2, 0.25) is 10.0 Å². The predicted molar refractivity (Wildman–Crippen MR) is 102 cm³/mol. The first-order chi connectivity index (χ1) is 11.5. The van der Waals surface area contributed by atoms with Crippen molar-refractivity contribution in [3.05, 3.63) is 63.1 Å². The van der Waals surface area contributed by atoms with Crippen LogP contribution in [0, 0.1) is 0 Å². The van der Waals surface area contributed by atoms with Crippen LogP contribution in [0.25, 0.3) is 0 Å². The molecule has 1 aliphatic carbocycles. The fraction of sp³-hybridized carbons (Fsp3) is 0.176. The van der Waals surface area contributed by atoms with Crippen molar-refractivity contribution in [2.24, 2.45) is 5.10 Å². The molecule has 0 spiro atoms. The minimum Gasteiger partial charge on any atom is -0.506 e. The maximum absolute atomic E-state index is 9.87. The predicted octanol–water partition coefficient (Wildman–Crippen LogP) is 4.18. The first kappa shape index (κ1) is 17.0. The fourth-order valence-electron chi connectivity index (χ4n) is 2.74. The molecule has 0 bridgehead atoms. The van der Waals surface area contributed by atoms with Gasteiger partial charge in [-0.05, 0) is 48.3 Å². The zero-order valence-electron chi connectivity index (χ0n) is 12.6. The zero-order chi connectivity index (χ0) is 17.1. The number of hydrogen-bond donors (Lipinski definition) is 3. The van der Waals surface area contributed by atoms with Gasteiger partial charge in [0.1, 0.15) is 5.75 Å². The van der Waals surface area contributed by atoms with Gasteiger partial charge in [0.05, 0.1) is 17.3 Å². The fourth-order valence-corrected chi connectivity index (χ4v) is 3.45. The summed E-state index contributed by atoms with van der Waals surface area (Å²) in [5.41, 5.74) is 5.77. The number of aromatic hydroxyl groups is 1. The molecular weight excluding hydrogens is 365 g/mol.